The summed E-state index contributed by atoms with van der Waals surface area (Å²) in [6, 6.07) is 18.9. The molecule has 0 aliphatic rings. The molecule has 0 aliphatic heterocycles. The first-order valence-electron chi connectivity index (χ1n) is 5.90. The predicted molar refractivity (Wildman–Crippen MR) is 73.0 cm³/mol. The highest BCUT2D eigenvalue weighted by molar-refractivity contribution is 5.44. The Bertz CT molecular complexity index is 451. The van der Waals surface area contributed by atoms with E-state index in [1.807, 2.05) is 13.1 Å². The summed E-state index contributed by atoms with van der Waals surface area (Å²) in [5, 5.41) is 6.59. The Kier molecular flexibility index (Phi) is 4.17. The average Bonchev–Trinajstić information content (AvgIpc) is 2.40. The van der Waals surface area contributed by atoms with E-state index < -0.39 is 0 Å². The number of hydrogen-bond donors (Lipinski definition) is 2. The van der Waals surface area contributed by atoms with Gasteiger partial charge in [-0.25, -0.2) is 0 Å². The lowest BCUT2D eigenvalue weighted by molar-refractivity contribution is 0.693. The van der Waals surface area contributed by atoms with Gasteiger partial charge in [0.2, 0.25) is 0 Å². The van der Waals surface area contributed by atoms with Crippen LogP contribution in [0.2, 0.25) is 0 Å². The molecule has 0 aromatic heterocycles. The Morgan fingerprint density at radius 3 is 2.29 bits per heavy atom. The Labute approximate surface area is 103 Å². The molecule has 0 amide bonds. The molecule has 2 N–H and O–H groups in total. The minimum Gasteiger partial charge on any atom is -0.388 e. The van der Waals surface area contributed by atoms with Crippen LogP contribution in [0.15, 0.2) is 54.6 Å². The molecule has 2 heteroatoms. The fourth-order valence-corrected chi connectivity index (χ4v) is 1.78. The van der Waals surface area contributed by atoms with Gasteiger partial charge < -0.3 is 10.6 Å². The molecule has 2 nitrogen and oxygen atoms in total. The molecule has 17 heavy (non-hydrogen) atoms. The molecule has 0 fully saturated rings. The summed E-state index contributed by atoms with van der Waals surface area (Å²) in [6.45, 7) is 1.80. The molecular weight excluding hydrogens is 208 g/mol. The second-order valence-corrected chi connectivity index (χ2v) is 4.04. The van der Waals surface area contributed by atoms with E-state index in [1.165, 1.54) is 11.1 Å². The van der Waals surface area contributed by atoms with E-state index in [0.29, 0.717) is 0 Å². The maximum atomic E-state index is 3.44. The van der Waals surface area contributed by atoms with Crippen LogP contribution < -0.4 is 10.6 Å². The molecule has 0 radical (unpaired) electrons. The van der Waals surface area contributed by atoms with Gasteiger partial charge >= 0.3 is 0 Å². The first-order chi connectivity index (χ1) is 8.38. The maximum Gasteiger partial charge on any atom is 0.0340 e. The minimum atomic E-state index is 0.893. The monoisotopic (exact) mass is 226 g/mol. The topological polar surface area (TPSA) is 24.1 Å². The molecule has 0 heterocycles. The fourth-order valence-electron chi connectivity index (χ4n) is 1.78. The van der Waals surface area contributed by atoms with E-state index in [-0.39, 0.29) is 0 Å². The number of hydrogen-bond acceptors (Lipinski definition) is 2. The van der Waals surface area contributed by atoms with Crippen LogP contribution >= 0.6 is 0 Å². The Hall–Kier alpha value is -1.80. The highest BCUT2D eigenvalue weighted by atomic mass is 14.9. The molecule has 0 unspecified atom stereocenters. The zero-order valence-corrected chi connectivity index (χ0v) is 10.1. The van der Waals surface area contributed by atoms with E-state index in [4.69, 9.17) is 0 Å². The summed E-state index contributed by atoms with van der Waals surface area (Å²) in [7, 11) is 1.94. The Morgan fingerprint density at radius 2 is 1.53 bits per heavy atom. The first kappa shape index (κ1) is 11.7. The zero-order valence-electron chi connectivity index (χ0n) is 10.1. The van der Waals surface area contributed by atoms with Gasteiger partial charge in [0.1, 0.15) is 0 Å². The second-order valence-electron chi connectivity index (χ2n) is 4.04. The van der Waals surface area contributed by atoms with Gasteiger partial charge in [-0.2, -0.15) is 0 Å². The van der Waals surface area contributed by atoms with Crippen LogP contribution in [0, 0.1) is 0 Å². The van der Waals surface area contributed by atoms with Crippen molar-refractivity contribution >= 4 is 5.69 Å². The molecule has 2 aromatic carbocycles. The lowest BCUT2D eigenvalue weighted by Gasteiger charge is -2.07. The number of anilines is 1. The lowest BCUT2D eigenvalue weighted by Crippen LogP contribution is -2.12. The quantitative estimate of drug-likeness (QED) is 0.819. The Morgan fingerprint density at radius 1 is 0.824 bits per heavy atom. The normalized spacial score (nSPS) is 10.2. The third-order valence-corrected chi connectivity index (χ3v) is 2.72. The van der Waals surface area contributed by atoms with Gasteiger partial charge in [0.05, 0.1) is 0 Å². The second kappa shape index (κ2) is 6.06. The van der Waals surface area contributed by atoms with E-state index >= 15 is 0 Å². The molecule has 0 saturated carbocycles. The molecule has 88 valence electrons. The van der Waals surface area contributed by atoms with E-state index in [9.17, 15) is 0 Å². The highest BCUT2D eigenvalue weighted by Crippen LogP contribution is 2.09. The van der Waals surface area contributed by atoms with Crippen molar-refractivity contribution in [1.82, 2.24) is 5.32 Å². The number of nitrogens with one attached hydrogen (secondary N) is 2. The summed E-state index contributed by atoms with van der Waals surface area (Å²) >= 11 is 0. The van der Waals surface area contributed by atoms with Crippen LogP contribution in [0.4, 0.5) is 5.69 Å². The molecule has 0 bridgehead atoms. The van der Waals surface area contributed by atoms with Crippen molar-refractivity contribution in [2.45, 2.75) is 13.1 Å². The smallest absolute Gasteiger partial charge is 0.0340 e. The van der Waals surface area contributed by atoms with E-state index in [1.54, 1.807) is 0 Å². The van der Waals surface area contributed by atoms with Crippen molar-refractivity contribution < 1.29 is 0 Å². The van der Waals surface area contributed by atoms with Crippen LogP contribution in [0.5, 0.6) is 0 Å². The summed E-state index contributed by atoms with van der Waals surface area (Å²) in [5.41, 5.74) is 3.77. The fraction of sp³-hybridized carbons (Fsp3) is 0.200. The largest absolute Gasteiger partial charge is 0.388 e. The van der Waals surface area contributed by atoms with Gasteiger partial charge in [-0.3, -0.25) is 0 Å². The van der Waals surface area contributed by atoms with Gasteiger partial charge in [0.15, 0.2) is 0 Å². The molecular formula is C15H18N2. The minimum absolute atomic E-state index is 0.893. The molecule has 0 saturated heterocycles. The third kappa shape index (κ3) is 3.61. The van der Waals surface area contributed by atoms with Crippen LogP contribution in [0.25, 0.3) is 0 Å². The van der Waals surface area contributed by atoms with Crippen molar-refractivity contribution in [2.75, 3.05) is 12.4 Å². The van der Waals surface area contributed by atoms with Gasteiger partial charge in [-0.1, -0.05) is 42.5 Å². The summed E-state index contributed by atoms with van der Waals surface area (Å²) in [5.74, 6) is 0. The summed E-state index contributed by atoms with van der Waals surface area (Å²) in [6.07, 6.45) is 0. The Balaban J connectivity index is 1.86. The molecule has 2 aromatic rings. The van der Waals surface area contributed by atoms with Crippen molar-refractivity contribution in [3.05, 3.63) is 65.7 Å². The molecule has 0 aliphatic carbocycles. The van der Waals surface area contributed by atoms with Crippen LogP contribution in [-0.4, -0.2) is 7.05 Å². The van der Waals surface area contributed by atoms with Crippen molar-refractivity contribution in [3.63, 3.8) is 0 Å². The summed E-state index contributed by atoms with van der Waals surface area (Å²) in [4.78, 5) is 0. The maximum absolute atomic E-state index is 3.44. The van der Waals surface area contributed by atoms with Gasteiger partial charge in [0, 0.05) is 25.8 Å². The van der Waals surface area contributed by atoms with Crippen LogP contribution in [-0.2, 0) is 13.1 Å². The molecule has 0 atom stereocenters. The van der Waals surface area contributed by atoms with Crippen LogP contribution in [0.1, 0.15) is 11.1 Å². The lowest BCUT2D eigenvalue weighted by atomic mass is 10.2. The molecule has 0 spiro atoms. The first-order valence-corrected chi connectivity index (χ1v) is 5.90. The average molecular weight is 226 g/mol. The number of rotatable bonds is 5. The predicted octanol–water partition coefficient (Wildman–Crippen LogP) is 3.02. The highest BCUT2D eigenvalue weighted by Gasteiger charge is 1.95. The molecule has 2 rings (SSSR count). The van der Waals surface area contributed by atoms with E-state index in [0.717, 1.165) is 18.8 Å². The van der Waals surface area contributed by atoms with Crippen molar-refractivity contribution in [1.29, 1.82) is 0 Å². The van der Waals surface area contributed by atoms with Crippen molar-refractivity contribution in [3.8, 4) is 0 Å². The number of benzene rings is 2. The van der Waals surface area contributed by atoms with Gasteiger partial charge in [-0.05, 0) is 23.3 Å². The van der Waals surface area contributed by atoms with E-state index in [2.05, 4.69) is 59.2 Å². The SMILES string of the molecule is CNc1cccc(CNCc2ccccc2)c1. The van der Waals surface area contributed by atoms with Gasteiger partial charge in [0.25, 0.3) is 0 Å². The standard InChI is InChI=1S/C15H18N2/c1-16-15-9-5-8-14(10-15)12-17-11-13-6-3-2-4-7-13/h2-10,16-17H,11-12H2,1H3. The van der Waals surface area contributed by atoms with Crippen LogP contribution in [0.3, 0.4) is 0 Å². The van der Waals surface area contributed by atoms with Crippen molar-refractivity contribution in [2.24, 2.45) is 0 Å². The zero-order chi connectivity index (χ0) is 11.9. The summed E-state index contributed by atoms with van der Waals surface area (Å²) < 4.78 is 0. The van der Waals surface area contributed by atoms with Gasteiger partial charge in [-0.15, -0.1) is 0 Å². The third-order valence-electron chi connectivity index (χ3n) is 2.72.